The summed E-state index contributed by atoms with van der Waals surface area (Å²) in [7, 11) is 0. The van der Waals surface area contributed by atoms with E-state index in [-0.39, 0.29) is 23.9 Å². The number of halogens is 1. The molecule has 3 aromatic rings. The summed E-state index contributed by atoms with van der Waals surface area (Å²) in [6.07, 6.45) is 4.86. The Morgan fingerprint density at radius 3 is 2.85 bits per heavy atom. The summed E-state index contributed by atoms with van der Waals surface area (Å²) in [4.78, 5) is 32.7. The van der Waals surface area contributed by atoms with E-state index in [1.807, 2.05) is 19.9 Å². The number of nitrogens with one attached hydrogen (secondary N) is 1. The molecule has 0 aliphatic heterocycles. The highest BCUT2D eigenvalue weighted by molar-refractivity contribution is 9.10. The fourth-order valence-corrected chi connectivity index (χ4v) is 2.87. The number of amides is 1. The molecule has 1 amide bonds. The Balaban J connectivity index is 1.76. The van der Waals surface area contributed by atoms with Crippen molar-refractivity contribution in [3.8, 4) is 11.4 Å². The molecule has 3 heterocycles. The molecule has 0 aliphatic rings. The van der Waals surface area contributed by atoms with Gasteiger partial charge in [0, 0.05) is 34.7 Å². The first kappa shape index (κ1) is 19.0. The van der Waals surface area contributed by atoms with Crippen LogP contribution in [0.1, 0.15) is 25.8 Å². The second-order valence-corrected chi connectivity index (χ2v) is 7.22. The van der Waals surface area contributed by atoms with E-state index in [0.29, 0.717) is 16.2 Å². The normalized spacial score (nSPS) is 12.1. The first-order chi connectivity index (χ1) is 12.9. The predicted molar refractivity (Wildman–Crippen MR) is 102 cm³/mol. The maximum Gasteiger partial charge on any atom is 0.251 e. The first-order valence-electron chi connectivity index (χ1n) is 8.33. The van der Waals surface area contributed by atoms with Gasteiger partial charge < -0.3 is 14.4 Å². The number of carbonyl (C=O) groups excluding carboxylic acids is 1. The molecule has 3 aromatic heterocycles. The highest BCUT2D eigenvalue weighted by Crippen LogP contribution is 2.23. The van der Waals surface area contributed by atoms with Crippen LogP contribution in [0, 0.1) is 5.92 Å². The second-order valence-electron chi connectivity index (χ2n) is 6.30. The van der Waals surface area contributed by atoms with Crippen molar-refractivity contribution in [2.75, 3.05) is 0 Å². The van der Waals surface area contributed by atoms with Gasteiger partial charge in [-0.05, 0) is 40.0 Å². The fraction of sp³-hybridized carbons (Fsp3) is 0.278. The van der Waals surface area contributed by atoms with Crippen LogP contribution in [0.5, 0.6) is 0 Å². The maximum absolute atomic E-state index is 12.5. The van der Waals surface area contributed by atoms with Gasteiger partial charge in [0.15, 0.2) is 0 Å². The molecule has 3 rings (SSSR count). The number of rotatable bonds is 6. The van der Waals surface area contributed by atoms with Crippen LogP contribution in [0.2, 0.25) is 0 Å². The summed E-state index contributed by atoms with van der Waals surface area (Å²) in [5, 5.41) is 6.83. The third-order valence-corrected chi connectivity index (χ3v) is 4.34. The summed E-state index contributed by atoms with van der Waals surface area (Å²) < 4.78 is 7.40. The zero-order chi connectivity index (χ0) is 19.4. The van der Waals surface area contributed by atoms with E-state index in [0.717, 1.165) is 5.56 Å². The summed E-state index contributed by atoms with van der Waals surface area (Å²) in [5.41, 5.74) is 0.466. The molecule has 8 nitrogen and oxygen atoms in total. The van der Waals surface area contributed by atoms with Gasteiger partial charge in [0.05, 0.1) is 0 Å². The quantitative estimate of drug-likeness (QED) is 0.643. The van der Waals surface area contributed by atoms with Crippen LogP contribution >= 0.6 is 15.9 Å². The number of aromatic nitrogens is 4. The van der Waals surface area contributed by atoms with Gasteiger partial charge in [-0.3, -0.25) is 14.6 Å². The molecule has 1 unspecified atom stereocenters. The second kappa shape index (κ2) is 8.26. The third kappa shape index (κ3) is 4.68. The first-order valence-corrected chi connectivity index (χ1v) is 9.12. The SMILES string of the molecule is CC(C)C(NC(=O)Cn1cc(Br)ccc1=O)c1nc(-c2cccnc2)no1. The molecule has 9 heteroatoms. The Bertz CT molecular complexity index is 984. The molecule has 0 spiro atoms. The van der Waals surface area contributed by atoms with Crippen LogP contribution < -0.4 is 10.9 Å². The highest BCUT2D eigenvalue weighted by Gasteiger charge is 2.25. The Kier molecular flexibility index (Phi) is 5.80. The number of hydrogen-bond acceptors (Lipinski definition) is 6. The van der Waals surface area contributed by atoms with Crippen LogP contribution in [0.4, 0.5) is 0 Å². The summed E-state index contributed by atoms with van der Waals surface area (Å²) >= 11 is 3.29. The van der Waals surface area contributed by atoms with Crippen molar-refractivity contribution in [1.29, 1.82) is 0 Å². The fourth-order valence-electron chi connectivity index (χ4n) is 2.49. The van der Waals surface area contributed by atoms with Crippen LogP contribution in [0.25, 0.3) is 11.4 Å². The monoisotopic (exact) mass is 431 g/mol. The molecular formula is C18H18BrN5O3. The van der Waals surface area contributed by atoms with Crippen molar-refractivity contribution in [3.63, 3.8) is 0 Å². The Morgan fingerprint density at radius 2 is 2.15 bits per heavy atom. The smallest absolute Gasteiger partial charge is 0.251 e. The average Bonchev–Trinajstić information content (AvgIpc) is 3.13. The lowest BCUT2D eigenvalue weighted by Crippen LogP contribution is -2.36. The Hall–Kier alpha value is -2.81. The largest absolute Gasteiger partial charge is 0.342 e. The van der Waals surface area contributed by atoms with Crippen LogP contribution in [0.3, 0.4) is 0 Å². The van der Waals surface area contributed by atoms with Gasteiger partial charge in [-0.15, -0.1) is 0 Å². The highest BCUT2D eigenvalue weighted by atomic mass is 79.9. The molecular weight excluding hydrogens is 414 g/mol. The summed E-state index contributed by atoms with van der Waals surface area (Å²) in [5.74, 6) is 0.394. The lowest BCUT2D eigenvalue weighted by molar-refractivity contribution is -0.123. The molecule has 0 saturated carbocycles. The minimum atomic E-state index is -0.474. The van der Waals surface area contributed by atoms with Gasteiger partial charge >= 0.3 is 0 Å². The molecule has 1 atom stereocenters. The molecule has 27 heavy (non-hydrogen) atoms. The topological polar surface area (TPSA) is 103 Å². The van der Waals surface area contributed by atoms with Gasteiger partial charge in [-0.1, -0.05) is 19.0 Å². The Labute approximate surface area is 163 Å². The third-order valence-electron chi connectivity index (χ3n) is 3.87. The van der Waals surface area contributed by atoms with E-state index in [1.165, 1.54) is 10.6 Å². The van der Waals surface area contributed by atoms with Crippen LogP contribution in [-0.2, 0) is 11.3 Å². The van der Waals surface area contributed by atoms with Crippen molar-refractivity contribution in [2.45, 2.75) is 26.4 Å². The van der Waals surface area contributed by atoms with Gasteiger partial charge in [0.25, 0.3) is 5.56 Å². The van der Waals surface area contributed by atoms with E-state index in [2.05, 4.69) is 36.4 Å². The van der Waals surface area contributed by atoms with E-state index < -0.39 is 6.04 Å². The number of pyridine rings is 2. The van der Waals surface area contributed by atoms with Crippen molar-refractivity contribution in [3.05, 3.63) is 63.6 Å². The van der Waals surface area contributed by atoms with E-state index in [4.69, 9.17) is 4.52 Å². The standard InChI is InChI=1S/C18H18BrN5O3/c1-11(2)16(18-22-17(23-27-18)12-4-3-7-20-8-12)21-14(25)10-24-9-13(19)5-6-15(24)26/h3-9,11,16H,10H2,1-2H3,(H,21,25). The number of nitrogens with zero attached hydrogens (tertiary/aromatic N) is 4. The average molecular weight is 432 g/mol. The molecule has 0 aromatic carbocycles. The number of hydrogen-bond donors (Lipinski definition) is 1. The van der Waals surface area contributed by atoms with Crippen molar-refractivity contribution >= 4 is 21.8 Å². The van der Waals surface area contributed by atoms with Gasteiger partial charge in [-0.2, -0.15) is 4.98 Å². The molecule has 0 radical (unpaired) electrons. The molecule has 0 saturated heterocycles. The zero-order valence-electron chi connectivity index (χ0n) is 14.8. The summed E-state index contributed by atoms with van der Waals surface area (Å²) in [6, 6.07) is 6.16. The number of carbonyl (C=O) groups is 1. The lowest BCUT2D eigenvalue weighted by atomic mass is 10.0. The van der Waals surface area contributed by atoms with Gasteiger partial charge in [0.1, 0.15) is 12.6 Å². The van der Waals surface area contributed by atoms with Crippen LogP contribution in [-0.4, -0.2) is 25.6 Å². The Morgan fingerprint density at radius 1 is 1.33 bits per heavy atom. The summed E-state index contributed by atoms with van der Waals surface area (Å²) in [6.45, 7) is 3.76. The zero-order valence-corrected chi connectivity index (χ0v) is 16.4. The molecule has 140 valence electrons. The van der Waals surface area contributed by atoms with E-state index >= 15 is 0 Å². The molecule has 0 fully saturated rings. The van der Waals surface area contributed by atoms with Crippen molar-refractivity contribution in [1.82, 2.24) is 25.0 Å². The van der Waals surface area contributed by atoms with Crippen LogP contribution in [0.15, 0.2) is 56.6 Å². The predicted octanol–water partition coefficient (Wildman–Crippen LogP) is 2.57. The molecule has 1 N–H and O–H groups in total. The van der Waals surface area contributed by atoms with Gasteiger partial charge in [0.2, 0.25) is 17.6 Å². The molecule has 0 aliphatic carbocycles. The maximum atomic E-state index is 12.5. The van der Waals surface area contributed by atoms with E-state index in [9.17, 15) is 9.59 Å². The van der Waals surface area contributed by atoms with Crippen molar-refractivity contribution < 1.29 is 9.32 Å². The minimum absolute atomic E-state index is 0.00961. The van der Waals surface area contributed by atoms with E-state index in [1.54, 1.807) is 30.7 Å². The minimum Gasteiger partial charge on any atom is -0.342 e. The molecule has 0 bridgehead atoms. The van der Waals surface area contributed by atoms with Gasteiger partial charge in [-0.25, -0.2) is 0 Å². The lowest BCUT2D eigenvalue weighted by Gasteiger charge is -2.18. The van der Waals surface area contributed by atoms with Crippen molar-refractivity contribution in [2.24, 2.45) is 5.92 Å².